The van der Waals surface area contributed by atoms with Crippen molar-refractivity contribution in [1.82, 2.24) is 14.6 Å². The Morgan fingerprint density at radius 2 is 2.04 bits per heavy atom. The van der Waals surface area contributed by atoms with Gasteiger partial charge in [0, 0.05) is 37.6 Å². The Morgan fingerprint density at radius 1 is 1.27 bits per heavy atom. The average Bonchev–Trinajstić information content (AvgIpc) is 2.68. The van der Waals surface area contributed by atoms with Crippen molar-refractivity contribution in [2.24, 2.45) is 0 Å². The number of rotatable bonds is 5. The van der Waals surface area contributed by atoms with E-state index in [0.717, 1.165) is 5.56 Å². The molecule has 26 heavy (non-hydrogen) atoms. The predicted molar refractivity (Wildman–Crippen MR) is 96.2 cm³/mol. The highest BCUT2D eigenvalue weighted by atomic mass is 32.2. The monoisotopic (exact) mass is 375 g/mol. The smallest absolute Gasteiger partial charge is 0.251 e. The van der Waals surface area contributed by atoms with E-state index < -0.39 is 10.0 Å². The molecule has 1 amide bonds. The number of nitrogens with zero attached hydrogens (tertiary/aromatic N) is 2. The fourth-order valence-corrected chi connectivity index (χ4v) is 4.39. The van der Waals surface area contributed by atoms with Crippen molar-refractivity contribution in [3.8, 4) is 0 Å². The summed E-state index contributed by atoms with van der Waals surface area (Å²) in [6, 6.07) is 8.38. The molecule has 0 aliphatic carbocycles. The topological polar surface area (TPSA) is 88.6 Å². The molecular formula is C18H21N3O4S. The van der Waals surface area contributed by atoms with Gasteiger partial charge in [-0.15, -0.1) is 0 Å². The molecule has 0 spiro atoms. The van der Waals surface area contributed by atoms with Crippen LogP contribution < -0.4 is 5.32 Å². The second-order valence-corrected chi connectivity index (χ2v) is 7.95. The van der Waals surface area contributed by atoms with Crippen molar-refractivity contribution >= 4 is 15.9 Å². The Kier molecular flexibility index (Phi) is 5.65. The number of aromatic nitrogens is 1. The second-order valence-electron chi connectivity index (χ2n) is 6.04. The zero-order valence-electron chi connectivity index (χ0n) is 14.5. The number of carbonyl (C=O) groups is 1. The molecule has 0 bridgehead atoms. The van der Waals surface area contributed by atoms with Gasteiger partial charge in [-0.2, -0.15) is 4.31 Å². The van der Waals surface area contributed by atoms with Crippen molar-refractivity contribution in [3.63, 3.8) is 0 Å². The molecule has 1 N–H and O–H groups in total. The van der Waals surface area contributed by atoms with Gasteiger partial charge >= 0.3 is 0 Å². The summed E-state index contributed by atoms with van der Waals surface area (Å²) in [6.07, 6.45) is 3.33. The molecule has 1 fully saturated rings. The lowest BCUT2D eigenvalue weighted by atomic mass is 10.1. The summed E-state index contributed by atoms with van der Waals surface area (Å²) < 4.78 is 32.4. The minimum Gasteiger partial charge on any atom is -0.379 e. The van der Waals surface area contributed by atoms with Crippen LogP contribution in [0.3, 0.4) is 0 Å². The molecule has 0 radical (unpaired) electrons. The Bertz CT molecular complexity index is 879. The number of pyridine rings is 1. The summed E-state index contributed by atoms with van der Waals surface area (Å²) in [4.78, 5) is 16.6. The standard InChI is InChI=1S/C18H21N3O4S/c1-14-4-5-16(18(22)20-13-15-3-2-6-19-12-15)11-17(14)26(23,24)21-7-9-25-10-8-21/h2-6,11-12H,7-10,13H2,1H3,(H,20,22). The molecular weight excluding hydrogens is 354 g/mol. The minimum absolute atomic E-state index is 0.161. The molecule has 1 aromatic carbocycles. The molecule has 1 aliphatic rings. The van der Waals surface area contributed by atoms with Crippen molar-refractivity contribution in [1.29, 1.82) is 0 Å². The molecule has 1 saturated heterocycles. The normalized spacial score (nSPS) is 15.6. The van der Waals surface area contributed by atoms with Crippen molar-refractivity contribution in [2.45, 2.75) is 18.4 Å². The first-order valence-corrected chi connectivity index (χ1v) is 9.78. The molecule has 2 aromatic rings. The van der Waals surface area contributed by atoms with Crippen LogP contribution in [0.25, 0.3) is 0 Å². The zero-order valence-corrected chi connectivity index (χ0v) is 15.3. The summed E-state index contributed by atoms with van der Waals surface area (Å²) >= 11 is 0. The number of morpholine rings is 1. The van der Waals surface area contributed by atoms with Gasteiger partial charge in [0.2, 0.25) is 10.0 Å². The first-order valence-electron chi connectivity index (χ1n) is 8.34. The maximum absolute atomic E-state index is 12.9. The number of benzene rings is 1. The highest BCUT2D eigenvalue weighted by Crippen LogP contribution is 2.22. The molecule has 0 unspecified atom stereocenters. The first kappa shape index (κ1) is 18.5. The number of amides is 1. The maximum atomic E-state index is 12.9. The van der Waals surface area contributed by atoms with Gasteiger partial charge < -0.3 is 10.1 Å². The third kappa shape index (κ3) is 4.09. The first-order chi connectivity index (χ1) is 12.5. The summed E-state index contributed by atoms with van der Waals surface area (Å²) in [5.74, 6) is -0.327. The molecule has 7 nitrogen and oxygen atoms in total. The van der Waals surface area contributed by atoms with Gasteiger partial charge in [0.15, 0.2) is 0 Å². The Morgan fingerprint density at radius 3 is 2.73 bits per heavy atom. The number of sulfonamides is 1. The molecule has 1 aromatic heterocycles. The van der Waals surface area contributed by atoms with Crippen LogP contribution in [-0.2, 0) is 21.3 Å². The summed E-state index contributed by atoms with van der Waals surface area (Å²) in [5.41, 5.74) is 1.79. The zero-order chi connectivity index (χ0) is 18.6. The van der Waals surface area contributed by atoms with E-state index >= 15 is 0 Å². The van der Waals surface area contributed by atoms with E-state index in [4.69, 9.17) is 4.74 Å². The van der Waals surface area contributed by atoms with E-state index in [2.05, 4.69) is 10.3 Å². The molecule has 138 valence electrons. The van der Waals surface area contributed by atoms with Gasteiger partial charge in [0.1, 0.15) is 0 Å². The largest absolute Gasteiger partial charge is 0.379 e. The van der Waals surface area contributed by atoms with Crippen LogP contribution in [0, 0.1) is 6.92 Å². The molecule has 3 rings (SSSR count). The number of carbonyl (C=O) groups excluding carboxylic acids is 1. The molecule has 0 atom stereocenters. The van der Waals surface area contributed by atoms with E-state index in [9.17, 15) is 13.2 Å². The predicted octanol–water partition coefficient (Wildman–Crippen LogP) is 1.34. The van der Waals surface area contributed by atoms with Crippen LogP contribution in [0.1, 0.15) is 21.5 Å². The molecule has 8 heteroatoms. The number of nitrogens with one attached hydrogen (secondary N) is 1. The van der Waals surface area contributed by atoms with Gasteiger partial charge in [0.05, 0.1) is 18.1 Å². The van der Waals surface area contributed by atoms with E-state index in [1.807, 2.05) is 6.07 Å². The lowest BCUT2D eigenvalue weighted by molar-refractivity contribution is 0.0730. The van der Waals surface area contributed by atoms with Crippen LogP contribution in [0.5, 0.6) is 0 Å². The Hall–Kier alpha value is -2.29. The van der Waals surface area contributed by atoms with Crippen molar-refractivity contribution in [3.05, 3.63) is 59.4 Å². The summed E-state index contributed by atoms with van der Waals surface area (Å²) in [6.45, 7) is 3.45. The SMILES string of the molecule is Cc1ccc(C(=O)NCc2cccnc2)cc1S(=O)(=O)N1CCOCC1. The van der Waals surface area contributed by atoms with Gasteiger partial charge in [-0.3, -0.25) is 9.78 Å². The van der Waals surface area contributed by atoms with E-state index in [1.54, 1.807) is 37.5 Å². The average molecular weight is 375 g/mol. The second kappa shape index (κ2) is 7.94. The van der Waals surface area contributed by atoms with Gasteiger partial charge in [-0.1, -0.05) is 12.1 Å². The lowest BCUT2D eigenvalue weighted by Crippen LogP contribution is -2.41. The summed E-state index contributed by atoms with van der Waals surface area (Å²) in [7, 11) is -3.65. The fraction of sp³-hybridized carbons (Fsp3) is 0.333. The van der Waals surface area contributed by atoms with Gasteiger partial charge in [-0.25, -0.2) is 8.42 Å². The maximum Gasteiger partial charge on any atom is 0.251 e. The molecule has 1 aliphatic heterocycles. The summed E-state index contributed by atoms with van der Waals surface area (Å²) in [5, 5.41) is 2.79. The number of hydrogen-bond donors (Lipinski definition) is 1. The van der Waals surface area contributed by atoms with Crippen LogP contribution in [0.4, 0.5) is 0 Å². The Balaban J connectivity index is 1.79. The Labute approximate surface area is 153 Å². The number of ether oxygens (including phenoxy) is 1. The van der Waals surface area contributed by atoms with E-state index in [-0.39, 0.29) is 10.8 Å². The van der Waals surface area contributed by atoms with Gasteiger partial charge in [-0.05, 0) is 36.2 Å². The third-order valence-corrected chi connectivity index (χ3v) is 6.25. The van der Waals surface area contributed by atoms with E-state index in [1.165, 1.54) is 10.4 Å². The fourth-order valence-electron chi connectivity index (χ4n) is 2.73. The van der Waals surface area contributed by atoms with Crippen molar-refractivity contribution in [2.75, 3.05) is 26.3 Å². The van der Waals surface area contributed by atoms with Gasteiger partial charge in [0.25, 0.3) is 5.91 Å². The van der Waals surface area contributed by atoms with Crippen LogP contribution >= 0.6 is 0 Å². The molecule has 0 saturated carbocycles. The van der Waals surface area contributed by atoms with Crippen LogP contribution in [-0.4, -0.2) is 49.9 Å². The highest BCUT2D eigenvalue weighted by molar-refractivity contribution is 7.89. The number of hydrogen-bond acceptors (Lipinski definition) is 5. The quantitative estimate of drug-likeness (QED) is 0.852. The van der Waals surface area contributed by atoms with Crippen LogP contribution in [0.2, 0.25) is 0 Å². The van der Waals surface area contributed by atoms with Crippen molar-refractivity contribution < 1.29 is 17.9 Å². The molecule has 2 heterocycles. The van der Waals surface area contributed by atoms with E-state index in [0.29, 0.717) is 44.0 Å². The lowest BCUT2D eigenvalue weighted by Gasteiger charge is -2.26. The third-order valence-electron chi connectivity index (χ3n) is 4.21. The minimum atomic E-state index is -3.65. The number of aryl methyl sites for hydroxylation is 1. The van der Waals surface area contributed by atoms with Crippen LogP contribution in [0.15, 0.2) is 47.6 Å². The highest BCUT2D eigenvalue weighted by Gasteiger charge is 2.28.